The molecule has 2 saturated carbocycles. The molecule has 3 fully saturated rings. The van der Waals surface area contributed by atoms with Crippen molar-refractivity contribution in [2.24, 2.45) is 10.9 Å². The predicted octanol–water partition coefficient (Wildman–Crippen LogP) is 2.21. The van der Waals surface area contributed by atoms with E-state index in [-0.39, 0.29) is 11.5 Å². The van der Waals surface area contributed by atoms with E-state index in [9.17, 15) is 4.79 Å². The molecule has 27 heavy (non-hydrogen) atoms. The van der Waals surface area contributed by atoms with E-state index in [4.69, 9.17) is 0 Å². The molecule has 1 amide bonds. The zero-order valence-electron chi connectivity index (χ0n) is 17.6. The topological polar surface area (TPSA) is 60.0 Å². The first-order chi connectivity index (χ1) is 13.0. The molecular weight excluding hydrogens is 338 g/mol. The number of amides is 1. The van der Waals surface area contributed by atoms with Crippen LogP contribution in [0.1, 0.15) is 64.2 Å². The highest BCUT2D eigenvalue weighted by Gasteiger charge is 2.36. The van der Waals surface area contributed by atoms with Crippen molar-refractivity contribution in [2.45, 2.75) is 75.8 Å². The number of carbonyl (C=O) groups excluding carboxylic acids is 1. The van der Waals surface area contributed by atoms with Gasteiger partial charge in [-0.3, -0.25) is 9.79 Å². The molecule has 154 valence electrons. The molecule has 1 unspecified atom stereocenters. The van der Waals surface area contributed by atoms with E-state index in [0.717, 1.165) is 44.9 Å². The minimum Gasteiger partial charge on any atom is -0.355 e. The second-order valence-corrected chi connectivity index (χ2v) is 9.00. The van der Waals surface area contributed by atoms with Gasteiger partial charge in [0.05, 0.1) is 0 Å². The number of likely N-dealkylation sites (N-methyl/N-ethyl adjacent to an activating group) is 1. The Hall–Kier alpha value is -1.30. The third-order valence-electron chi connectivity index (χ3n) is 7.09. The van der Waals surface area contributed by atoms with Crippen molar-refractivity contribution in [3.8, 4) is 0 Å². The molecule has 0 aromatic heterocycles. The van der Waals surface area contributed by atoms with Crippen LogP contribution in [-0.4, -0.2) is 74.0 Å². The highest BCUT2D eigenvalue weighted by Crippen LogP contribution is 2.33. The molecule has 2 aliphatic carbocycles. The fourth-order valence-corrected chi connectivity index (χ4v) is 5.14. The van der Waals surface area contributed by atoms with Gasteiger partial charge in [-0.2, -0.15) is 0 Å². The van der Waals surface area contributed by atoms with Gasteiger partial charge >= 0.3 is 0 Å². The molecule has 0 aromatic rings. The number of hydrogen-bond donors (Lipinski definition) is 2. The Morgan fingerprint density at radius 3 is 2.44 bits per heavy atom. The first-order valence-corrected chi connectivity index (χ1v) is 11.0. The Kier molecular flexibility index (Phi) is 7.01. The number of aliphatic imine (C=N–C) groups is 1. The third kappa shape index (κ3) is 4.95. The summed E-state index contributed by atoms with van der Waals surface area (Å²) in [5, 5.41) is 7.12. The van der Waals surface area contributed by atoms with E-state index in [1.807, 2.05) is 7.05 Å². The maximum Gasteiger partial charge on any atom is 0.225 e. The number of nitrogens with zero attached hydrogens (tertiary/aromatic N) is 3. The lowest BCUT2D eigenvalue weighted by Gasteiger charge is -2.37. The van der Waals surface area contributed by atoms with E-state index in [1.54, 1.807) is 0 Å². The Morgan fingerprint density at radius 1 is 1.11 bits per heavy atom. The molecule has 0 radical (unpaired) electrons. The Balaban J connectivity index is 1.47. The van der Waals surface area contributed by atoms with Crippen molar-refractivity contribution < 1.29 is 4.79 Å². The van der Waals surface area contributed by atoms with Gasteiger partial charge in [-0.1, -0.05) is 32.1 Å². The summed E-state index contributed by atoms with van der Waals surface area (Å²) < 4.78 is 0. The molecule has 0 aromatic carbocycles. The van der Waals surface area contributed by atoms with Crippen LogP contribution in [0, 0.1) is 5.92 Å². The SMILES string of the molecule is CN=C(NCC1(N(C)C)CCCC1)NC1CCN(C(=O)C2CCCCC2)C1. The summed E-state index contributed by atoms with van der Waals surface area (Å²) in [6.45, 7) is 2.62. The molecule has 1 aliphatic heterocycles. The van der Waals surface area contributed by atoms with Gasteiger partial charge in [0.1, 0.15) is 0 Å². The second-order valence-electron chi connectivity index (χ2n) is 9.00. The third-order valence-corrected chi connectivity index (χ3v) is 7.09. The van der Waals surface area contributed by atoms with Crippen LogP contribution in [0.25, 0.3) is 0 Å². The zero-order valence-corrected chi connectivity index (χ0v) is 17.6. The number of nitrogens with one attached hydrogen (secondary N) is 2. The molecule has 0 spiro atoms. The standard InChI is InChI=1S/C21H39N5O/c1-22-20(23-16-21(25(2)3)12-7-8-13-21)24-18-11-14-26(15-18)19(27)17-9-5-4-6-10-17/h17-18H,4-16H2,1-3H3,(H2,22,23,24). The van der Waals surface area contributed by atoms with E-state index in [1.165, 1.54) is 44.9 Å². The number of carbonyl (C=O) groups is 1. The summed E-state index contributed by atoms with van der Waals surface area (Å²) >= 11 is 0. The van der Waals surface area contributed by atoms with E-state index < -0.39 is 0 Å². The molecule has 3 aliphatic rings. The molecule has 2 N–H and O–H groups in total. The first kappa shape index (κ1) is 20.4. The van der Waals surface area contributed by atoms with Crippen LogP contribution in [0.5, 0.6) is 0 Å². The minimum atomic E-state index is 0.246. The van der Waals surface area contributed by atoms with Gasteiger partial charge in [-0.15, -0.1) is 0 Å². The molecule has 0 bridgehead atoms. The Labute approximate surface area is 165 Å². The minimum absolute atomic E-state index is 0.246. The quantitative estimate of drug-likeness (QED) is 0.570. The summed E-state index contributed by atoms with van der Waals surface area (Å²) in [4.78, 5) is 21.7. The smallest absolute Gasteiger partial charge is 0.225 e. The van der Waals surface area contributed by atoms with Crippen molar-refractivity contribution in [1.29, 1.82) is 0 Å². The van der Waals surface area contributed by atoms with Gasteiger partial charge in [0.25, 0.3) is 0 Å². The summed E-state index contributed by atoms with van der Waals surface area (Å²) in [5.74, 6) is 1.54. The number of hydrogen-bond acceptors (Lipinski definition) is 3. The molecule has 6 heteroatoms. The van der Waals surface area contributed by atoms with E-state index >= 15 is 0 Å². The van der Waals surface area contributed by atoms with Gasteiger partial charge in [-0.05, 0) is 46.2 Å². The second kappa shape index (κ2) is 9.26. The lowest BCUT2D eigenvalue weighted by molar-refractivity contribution is -0.135. The fraction of sp³-hybridized carbons (Fsp3) is 0.905. The average molecular weight is 378 g/mol. The van der Waals surface area contributed by atoms with Crippen LogP contribution >= 0.6 is 0 Å². The highest BCUT2D eigenvalue weighted by atomic mass is 16.2. The normalized spacial score (nSPS) is 26.6. The summed E-state index contributed by atoms with van der Waals surface area (Å²) in [7, 11) is 6.22. The van der Waals surface area contributed by atoms with Crippen LogP contribution in [0.4, 0.5) is 0 Å². The number of likely N-dealkylation sites (tertiary alicyclic amines) is 1. The van der Waals surface area contributed by atoms with Gasteiger partial charge < -0.3 is 20.4 Å². The van der Waals surface area contributed by atoms with E-state index in [0.29, 0.717) is 11.9 Å². The van der Waals surface area contributed by atoms with Gasteiger partial charge in [0.2, 0.25) is 5.91 Å². The van der Waals surface area contributed by atoms with Crippen molar-refractivity contribution >= 4 is 11.9 Å². The molecule has 1 saturated heterocycles. The maximum atomic E-state index is 12.8. The van der Waals surface area contributed by atoms with Crippen LogP contribution in [-0.2, 0) is 4.79 Å². The molecule has 3 rings (SSSR count). The first-order valence-electron chi connectivity index (χ1n) is 11.0. The van der Waals surface area contributed by atoms with Crippen molar-refractivity contribution in [3.63, 3.8) is 0 Å². The lowest BCUT2D eigenvalue weighted by Crippen LogP contribution is -2.54. The average Bonchev–Trinajstić information content (AvgIpc) is 3.35. The van der Waals surface area contributed by atoms with Gasteiger partial charge in [-0.25, -0.2) is 0 Å². The molecule has 1 atom stereocenters. The van der Waals surface area contributed by atoms with Crippen LogP contribution < -0.4 is 10.6 Å². The van der Waals surface area contributed by atoms with E-state index in [2.05, 4.69) is 39.5 Å². The zero-order chi connectivity index (χ0) is 19.3. The highest BCUT2D eigenvalue weighted by molar-refractivity contribution is 5.81. The monoisotopic (exact) mass is 377 g/mol. The fourth-order valence-electron chi connectivity index (χ4n) is 5.14. The maximum absolute atomic E-state index is 12.8. The lowest BCUT2D eigenvalue weighted by atomic mass is 9.88. The van der Waals surface area contributed by atoms with Gasteiger partial charge in [0, 0.05) is 44.2 Å². The summed E-state index contributed by atoms with van der Waals surface area (Å²) in [5.41, 5.74) is 0.246. The number of rotatable bonds is 5. The van der Waals surface area contributed by atoms with Crippen LogP contribution in [0.3, 0.4) is 0 Å². The van der Waals surface area contributed by atoms with Crippen molar-refractivity contribution in [3.05, 3.63) is 0 Å². The molecule has 1 heterocycles. The van der Waals surface area contributed by atoms with Gasteiger partial charge in [0.15, 0.2) is 5.96 Å². The Morgan fingerprint density at radius 2 is 1.81 bits per heavy atom. The summed E-state index contributed by atoms with van der Waals surface area (Å²) in [6, 6.07) is 0.308. The molecule has 6 nitrogen and oxygen atoms in total. The van der Waals surface area contributed by atoms with Crippen LogP contribution in [0.2, 0.25) is 0 Å². The molecular formula is C21H39N5O. The number of guanidine groups is 1. The Bertz CT molecular complexity index is 521. The van der Waals surface area contributed by atoms with Crippen LogP contribution in [0.15, 0.2) is 4.99 Å². The van der Waals surface area contributed by atoms with Crippen molar-refractivity contribution in [2.75, 3.05) is 40.8 Å². The summed E-state index contributed by atoms with van der Waals surface area (Å²) in [6.07, 6.45) is 12.0. The van der Waals surface area contributed by atoms with Crippen molar-refractivity contribution in [1.82, 2.24) is 20.4 Å². The largest absolute Gasteiger partial charge is 0.355 e. The predicted molar refractivity (Wildman–Crippen MR) is 111 cm³/mol.